The molecular formula is C17H20N6O4. The van der Waals surface area contributed by atoms with Gasteiger partial charge in [-0.05, 0) is 12.1 Å². The van der Waals surface area contributed by atoms with E-state index in [2.05, 4.69) is 20.3 Å². The number of ether oxygens (including phenoxy) is 3. The van der Waals surface area contributed by atoms with Gasteiger partial charge >= 0.3 is 0 Å². The number of carbonyl (C=O) groups excluding carboxylic acids is 1. The number of pyridine rings is 1. The zero-order valence-electron chi connectivity index (χ0n) is 15.0. The fraction of sp³-hybridized carbons (Fsp3) is 0.294. The summed E-state index contributed by atoms with van der Waals surface area (Å²) in [5.41, 5.74) is 7.87. The number of nitrogens with one attached hydrogen (secondary N) is 1. The fourth-order valence-electron chi connectivity index (χ4n) is 2.36. The van der Waals surface area contributed by atoms with Gasteiger partial charge in [0.1, 0.15) is 18.9 Å². The third-order valence-corrected chi connectivity index (χ3v) is 3.58. The molecule has 10 heteroatoms. The van der Waals surface area contributed by atoms with Crippen LogP contribution in [0.25, 0.3) is 16.9 Å². The Morgan fingerprint density at radius 3 is 2.81 bits per heavy atom. The summed E-state index contributed by atoms with van der Waals surface area (Å²) in [6, 6.07) is 3.66. The maximum absolute atomic E-state index is 11.6. The molecule has 10 nitrogen and oxygen atoms in total. The number of hydrogen-bond donors (Lipinski definition) is 2. The van der Waals surface area contributed by atoms with Crippen molar-refractivity contribution in [2.45, 2.75) is 0 Å². The first-order valence-corrected chi connectivity index (χ1v) is 8.13. The van der Waals surface area contributed by atoms with Crippen molar-refractivity contribution in [3.63, 3.8) is 0 Å². The summed E-state index contributed by atoms with van der Waals surface area (Å²) in [7, 11) is 3.04. The Hall–Kier alpha value is -3.24. The lowest BCUT2D eigenvalue weighted by Crippen LogP contribution is -2.17. The second-order valence-corrected chi connectivity index (χ2v) is 5.58. The monoisotopic (exact) mass is 372 g/mol. The molecule has 3 N–H and O–H groups in total. The van der Waals surface area contributed by atoms with Crippen molar-refractivity contribution in [3.05, 3.63) is 30.7 Å². The molecule has 0 aromatic carbocycles. The molecule has 0 radical (unpaired) electrons. The predicted octanol–water partition coefficient (Wildman–Crippen LogP) is 0.984. The number of methoxy groups -OCH3 is 2. The molecule has 0 saturated carbocycles. The lowest BCUT2D eigenvalue weighted by molar-refractivity contribution is -0.119. The second kappa shape index (κ2) is 8.43. The van der Waals surface area contributed by atoms with Gasteiger partial charge in [0.05, 0.1) is 24.7 Å². The average molecular weight is 372 g/mol. The molecule has 0 bridgehead atoms. The van der Waals surface area contributed by atoms with Crippen molar-refractivity contribution in [3.8, 4) is 17.1 Å². The SMILES string of the molecule is COCCOc1nc(-c2ccc3nc(NC(=O)COC)cn3c2)cnc1N. The Kier molecular flexibility index (Phi) is 5.79. The third kappa shape index (κ3) is 4.49. The van der Waals surface area contributed by atoms with Gasteiger partial charge in [-0.25, -0.2) is 15.0 Å². The van der Waals surface area contributed by atoms with E-state index < -0.39 is 0 Å². The summed E-state index contributed by atoms with van der Waals surface area (Å²) in [5.74, 6) is 0.619. The molecular weight excluding hydrogens is 352 g/mol. The van der Waals surface area contributed by atoms with Gasteiger partial charge < -0.3 is 29.7 Å². The summed E-state index contributed by atoms with van der Waals surface area (Å²) < 4.78 is 17.0. The van der Waals surface area contributed by atoms with Gasteiger partial charge in [0.2, 0.25) is 0 Å². The number of amides is 1. The van der Waals surface area contributed by atoms with E-state index in [9.17, 15) is 4.79 Å². The normalized spacial score (nSPS) is 10.9. The maximum atomic E-state index is 11.6. The Morgan fingerprint density at radius 2 is 2.04 bits per heavy atom. The van der Waals surface area contributed by atoms with Gasteiger partial charge in [-0.3, -0.25) is 4.79 Å². The number of nitrogens with zero attached hydrogens (tertiary/aromatic N) is 4. The van der Waals surface area contributed by atoms with Crippen molar-refractivity contribution < 1.29 is 19.0 Å². The molecule has 1 amide bonds. The number of hydrogen-bond acceptors (Lipinski definition) is 8. The molecule has 0 aliphatic rings. The number of imidazole rings is 1. The van der Waals surface area contributed by atoms with Crippen LogP contribution in [0.15, 0.2) is 30.7 Å². The number of rotatable bonds is 8. The van der Waals surface area contributed by atoms with Crippen LogP contribution >= 0.6 is 0 Å². The summed E-state index contributed by atoms with van der Waals surface area (Å²) in [4.78, 5) is 24.5. The molecule has 3 heterocycles. The van der Waals surface area contributed by atoms with E-state index in [0.717, 1.165) is 5.56 Å². The zero-order valence-corrected chi connectivity index (χ0v) is 15.0. The predicted molar refractivity (Wildman–Crippen MR) is 98.5 cm³/mol. The smallest absolute Gasteiger partial charge is 0.257 e. The first kappa shape index (κ1) is 18.5. The molecule has 3 aromatic rings. The molecule has 3 rings (SSSR count). The highest BCUT2D eigenvalue weighted by atomic mass is 16.5. The summed E-state index contributed by atoms with van der Waals surface area (Å²) in [6.07, 6.45) is 5.10. The van der Waals surface area contributed by atoms with E-state index in [1.165, 1.54) is 7.11 Å². The molecule has 0 spiro atoms. The van der Waals surface area contributed by atoms with E-state index in [0.29, 0.717) is 30.4 Å². The molecule has 27 heavy (non-hydrogen) atoms. The first-order chi connectivity index (χ1) is 13.1. The van der Waals surface area contributed by atoms with Crippen molar-refractivity contribution in [2.75, 3.05) is 45.1 Å². The van der Waals surface area contributed by atoms with Crippen LogP contribution in [0.5, 0.6) is 5.88 Å². The highest BCUT2D eigenvalue weighted by Crippen LogP contribution is 2.23. The molecule has 0 aliphatic heterocycles. The number of anilines is 2. The van der Waals surface area contributed by atoms with Gasteiger partial charge in [-0.15, -0.1) is 0 Å². The van der Waals surface area contributed by atoms with E-state index in [1.807, 2.05) is 18.3 Å². The largest absolute Gasteiger partial charge is 0.473 e. The number of carbonyl (C=O) groups is 1. The van der Waals surface area contributed by atoms with Crippen LogP contribution in [0.1, 0.15) is 0 Å². The Balaban J connectivity index is 1.84. The van der Waals surface area contributed by atoms with Crippen LogP contribution in [0.2, 0.25) is 0 Å². The van der Waals surface area contributed by atoms with E-state index in [4.69, 9.17) is 19.9 Å². The van der Waals surface area contributed by atoms with Gasteiger partial charge in [-0.2, -0.15) is 0 Å². The number of nitrogen functional groups attached to an aromatic ring is 1. The molecule has 3 aromatic heterocycles. The topological polar surface area (TPSA) is 126 Å². The lowest BCUT2D eigenvalue weighted by Gasteiger charge is -2.08. The van der Waals surface area contributed by atoms with Crippen LogP contribution in [0, 0.1) is 0 Å². The van der Waals surface area contributed by atoms with Crippen LogP contribution in [0.3, 0.4) is 0 Å². The minimum Gasteiger partial charge on any atom is -0.473 e. The summed E-state index contributed by atoms with van der Waals surface area (Å²) >= 11 is 0. The molecule has 0 atom stereocenters. The van der Waals surface area contributed by atoms with Gasteiger partial charge in [0, 0.05) is 26.0 Å². The fourth-order valence-corrected chi connectivity index (χ4v) is 2.36. The van der Waals surface area contributed by atoms with Crippen LogP contribution < -0.4 is 15.8 Å². The maximum Gasteiger partial charge on any atom is 0.257 e. The number of fused-ring (bicyclic) bond motifs is 1. The van der Waals surface area contributed by atoms with Crippen LogP contribution in [0.4, 0.5) is 11.6 Å². The van der Waals surface area contributed by atoms with Crippen molar-refractivity contribution in [2.24, 2.45) is 0 Å². The Morgan fingerprint density at radius 1 is 1.19 bits per heavy atom. The van der Waals surface area contributed by atoms with Gasteiger partial charge in [0.25, 0.3) is 11.8 Å². The third-order valence-electron chi connectivity index (χ3n) is 3.58. The van der Waals surface area contributed by atoms with Crippen molar-refractivity contribution in [1.29, 1.82) is 0 Å². The Labute approximate surface area is 155 Å². The van der Waals surface area contributed by atoms with E-state index in [-0.39, 0.29) is 24.2 Å². The lowest BCUT2D eigenvalue weighted by atomic mass is 10.2. The van der Waals surface area contributed by atoms with E-state index >= 15 is 0 Å². The minimum atomic E-state index is -0.275. The van der Waals surface area contributed by atoms with Gasteiger partial charge in [0.15, 0.2) is 11.6 Å². The zero-order chi connectivity index (χ0) is 19.2. The van der Waals surface area contributed by atoms with Gasteiger partial charge in [-0.1, -0.05) is 0 Å². The van der Waals surface area contributed by atoms with Crippen LogP contribution in [-0.2, 0) is 14.3 Å². The minimum absolute atomic E-state index is 0.0357. The van der Waals surface area contributed by atoms with Crippen LogP contribution in [-0.4, -0.2) is 59.3 Å². The second-order valence-electron chi connectivity index (χ2n) is 5.58. The standard InChI is InChI=1S/C17H20N6O4/c1-25-5-6-27-17-16(18)19-7-12(20-17)11-3-4-14-21-13(9-23(14)8-11)22-15(24)10-26-2/h3-4,7-9H,5-6,10H2,1-2H3,(H2,18,19)(H,22,24). The molecule has 0 saturated heterocycles. The quantitative estimate of drug-likeness (QED) is 0.561. The highest BCUT2D eigenvalue weighted by molar-refractivity contribution is 5.91. The summed E-state index contributed by atoms with van der Waals surface area (Å²) in [6.45, 7) is 0.708. The number of nitrogens with two attached hydrogens (primary N) is 1. The van der Waals surface area contributed by atoms with Crippen molar-refractivity contribution in [1.82, 2.24) is 19.4 Å². The van der Waals surface area contributed by atoms with Crippen molar-refractivity contribution >= 4 is 23.2 Å². The Bertz CT molecular complexity index is 942. The number of aromatic nitrogens is 4. The summed E-state index contributed by atoms with van der Waals surface area (Å²) in [5, 5.41) is 2.66. The highest BCUT2D eigenvalue weighted by Gasteiger charge is 2.10. The average Bonchev–Trinajstić information content (AvgIpc) is 3.04. The molecule has 0 unspecified atom stereocenters. The molecule has 0 fully saturated rings. The first-order valence-electron chi connectivity index (χ1n) is 8.13. The molecule has 142 valence electrons. The molecule has 0 aliphatic carbocycles. The van der Waals surface area contributed by atoms with E-state index in [1.54, 1.807) is 23.9 Å².